The summed E-state index contributed by atoms with van der Waals surface area (Å²) in [4.78, 5) is 68.1. The largest absolute Gasteiger partial charge is 0.456 e. The van der Waals surface area contributed by atoms with Crippen molar-refractivity contribution in [3.8, 4) is 0 Å². The summed E-state index contributed by atoms with van der Waals surface area (Å²) in [5.41, 5.74) is -6.65. The molecule has 2 heterocycles. The van der Waals surface area contributed by atoms with Crippen LogP contribution < -0.4 is 5.32 Å². The van der Waals surface area contributed by atoms with Crippen molar-refractivity contribution in [1.29, 1.82) is 0 Å². The minimum Gasteiger partial charge on any atom is -0.456 e. The highest BCUT2D eigenvalue weighted by Gasteiger charge is 2.79. The number of carbonyl (C=O) groups is 5. The SMILES string of the molecule is C=CC1O[C@H]2C[C@H]3OC[C@@]3(OC(C)=O)[C@H]3[C@H](OC(=O)c4ccccc4)[C@]4(O)C[C@H](OC(=O)[C@@H](O)C(CC(C)C)NC(=O)OC(C)(C)C)C(C)=C([C@H](OC(C)=O)[C@H](O1)[C@]23C)C4(C)C. The maximum atomic E-state index is 14.4. The normalized spacial score (nSPS) is 35.5. The molecule has 2 bridgehead atoms. The molecule has 0 radical (unpaired) electrons. The van der Waals surface area contributed by atoms with Gasteiger partial charge in [0.05, 0.1) is 30.2 Å². The molecule has 3 aliphatic carbocycles. The third-order valence-corrected chi connectivity index (χ3v) is 13.4. The van der Waals surface area contributed by atoms with Crippen LogP contribution in [0.25, 0.3) is 0 Å². The number of benzene rings is 1. The van der Waals surface area contributed by atoms with Gasteiger partial charge >= 0.3 is 30.0 Å². The van der Waals surface area contributed by atoms with Crippen molar-refractivity contribution in [2.45, 2.75) is 167 Å². The summed E-state index contributed by atoms with van der Waals surface area (Å²) in [6, 6.07) is 7.04. The molecular weight excluding hydrogens is 806 g/mol. The Morgan fingerprint density at radius 1 is 0.984 bits per heavy atom. The lowest BCUT2D eigenvalue weighted by Gasteiger charge is -2.71. The van der Waals surface area contributed by atoms with Crippen LogP contribution in [-0.4, -0.2) is 119 Å². The molecule has 2 aliphatic heterocycles. The molecule has 2 unspecified atom stereocenters. The standard InChI is InChI=1S/C46H63NO15/c1-13-32-58-30-20-31-45(22-55-31,61-26(6)49)36-38(60-39(51)27-17-15-14-16-18-27)46(54)21-29(57-40(52)34(50)28(19-23(2)3)47-41(53)62-42(7,8)9)24(4)33(43(46,10)11)35(56-25(5)48)37(59-32)44(30,36)12/h13-18,23,28-32,34-38,50,54H,1,19-22H2,2-12H3,(H,47,53)/t28?,29-,30-,31+,32?,34-,35-,36-,37-,38-,44+,45-,46+/m0/s1. The molecule has 3 N–H and O–H groups in total. The molecule has 5 aliphatic rings. The van der Waals surface area contributed by atoms with Gasteiger partial charge in [-0.05, 0) is 69.4 Å². The second-order valence-electron chi connectivity index (χ2n) is 19.5. The van der Waals surface area contributed by atoms with Crippen molar-refractivity contribution in [3.05, 3.63) is 59.7 Å². The van der Waals surface area contributed by atoms with E-state index in [2.05, 4.69) is 11.9 Å². The van der Waals surface area contributed by atoms with Gasteiger partial charge in [-0.2, -0.15) is 0 Å². The topological polar surface area (TPSA) is 212 Å². The number of aliphatic hydroxyl groups is 2. The molecular formula is C46H63NO15. The third kappa shape index (κ3) is 8.28. The first kappa shape index (κ1) is 47.1. The lowest BCUT2D eigenvalue weighted by atomic mass is 9.44. The predicted octanol–water partition coefficient (Wildman–Crippen LogP) is 4.87. The fourth-order valence-electron chi connectivity index (χ4n) is 10.7. The molecule has 1 aromatic rings. The zero-order valence-corrected chi connectivity index (χ0v) is 37.6. The van der Waals surface area contributed by atoms with Crippen molar-refractivity contribution < 1.29 is 72.1 Å². The van der Waals surface area contributed by atoms with E-state index in [1.165, 1.54) is 19.9 Å². The number of ether oxygens (including phenoxy) is 8. The van der Waals surface area contributed by atoms with E-state index in [0.29, 0.717) is 11.1 Å². The maximum Gasteiger partial charge on any atom is 0.407 e. The van der Waals surface area contributed by atoms with Crippen molar-refractivity contribution in [1.82, 2.24) is 5.32 Å². The summed E-state index contributed by atoms with van der Waals surface area (Å²) >= 11 is 0. The van der Waals surface area contributed by atoms with Crippen molar-refractivity contribution >= 4 is 30.0 Å². The van der Waals surface area contributed by atoms with Crippen LogP contribution in [0, 0.1) is 22.7 Å². The molecule has 342 valence electrons. The summed E-state index contributed by atoms with van der Waals surface area (Å²) in [5, 5.41) is 28.1. The van der Waals surface area contributed by atoms with Crippen LogP contribution in [-0.2, 0) is 52.3 Å². The summed E-state index contributed by atoms with van der Waals surface area (Å²) in [6.07, 6.45) is -9.36. The van der Waals surface area contributed by atoms with Crippen LogP contribution in [0.5, 0.6) is 0 Å². The molecule has 62 heavy (non-hydrogen) atoms. The highest BCUT2D eigenvalue weighted by molar-refractivity contribution is 5.89. The zero-order chi connectivity index (χ0) is 45.9. The number of hydrogen-bond donors (Lipinski definition) is 3. The van der Waals surface area contributed by atoms with Gasteiger partial charge in [-0.1, -0.05) is 59.4 Å². The first-order valence-corrected chi connectivity index (χ1v) is 21.3. The Bertz CT molecular complexity index is 1960. The van der Waals surface area contributed by atoms with Crippen LogP contribution in [0.15, 0.2) is 54.1 Å². The Balaban J connectivity index is 1.57. The van der Waals surface area contributed by atoms with Gasteiger partial charge in [0.1, 0.15) is 35.6 Å². The van der Waals surface area contributed by atoms with E-state index in [0.717, 1.165) is 0 Å². The minimum atomic E-state index is -2.23. The molecule has 1 amide bonds. The van der Waals surface area contributed by atoms with Gasteiger partial charge < -0.3 is 53.4 Å². The van der Waals surface area contributed by atoms with Crippen molar-refractivity contribution in [3.63, 3.8) is 0 Å². The van der Waals surface area contributed by atoms with Crippen LogP contribution >= 0.6 is 0 Å². The van der Waals surface area contributed by atoms with Crippen LogP contribution in [0.2, 0.25) is 0 Å². The van der Waals surface area contributed by atoms with Gasteiger partial charge in [0, 0.05) is 37.5 Å². The zero-order valence-electron chi connectivity index (χ0n) is 37.6. The van der Waals surface area contributed by atoms with E-state index < -0.39 is 125 Å². The summed E-state index contributed by atoms with van der Waals surface area (Å²) < 4.78 is 50.2. The smallest absolute Gasteiger partial charge is 0.407 e. The number of nitrogens with one attached hydrogen (secondary N) is 1. The molecule has 16 heteroatoms. The van der Waals surface area contributed by atoms with Gasteiger partial charge in [-0.3, -0.25) is 9.59 Å². The lowest BCUT2D eigenvalue weighted by molar-refractivity contribution is -0.405. The van der Waals surface area contributed by atoms with Crippen LogP contribution in [0.4, 0.5) is 4.79 Å². The van der Waals surface area contributed by atoms with E-state index in [-0.39, 0.29) is 30.9 Å². The molecule has 2 saturated carbocycles. The van der Waals surface area contributed by atoms with Crippen molar-refractivity contribution in [2.24, 2.45) is 22.7 Å². The maximum absolute atomic E-state index is 14.4. The first-order valence-electron chi connectivity index (χ1n) is 21.3. The fourth-order valence-corrected chi connectivity index (χ4v) is 10.7. The molecule has 6 rings (SSSR count). The molecule has 1 aromatic carbocycles. The van der Waals surface area contributed by atoms with E-state index in [4.69, 9.17) is 37.9 Å². The van der Waals surface area contributed by atoms with E-state index >= 15 is 0 Å². The Kier molecular flexibility index (Phi) is 12.9. The second-order valence-corrected chi connectivity index (χ2v) is 19.5. The molecule has 16 nitrogen and oxygen atoms in total. The molecule has 13 atom stereocenters. The number of esters is 4. The number of rotatable bonds is 11. The Labute approximate surface area is 362 Å². The lowest BCUT2D eigenvalue weighted by Crippen LogP contribution is -2.83. The van der Waals surface area contributed by atoms with Gasteiger partial charge in [0.2, 0.25) is 0 Å². The summed E-state index contributed by atoms with van der Waals surface area (Å²) in [7, 11) is 0. The predicted molar refractivity (Wildman–Crippen MR) is 220 cm³/mol. The summed E-state index contributed by atoms with van der Waals surface area (Å²) in [5.74, 6) is -4.57. The highest BCUT2D eigenvalue weighted by atomic mass is 16.7. The highest BCUT2D eigenvalue weighted by Crippen LogP contribution is 2.67. The fraction of sp³-hybridized carbons (Fsp3) is 0.674. The van der Waals surface area contributed by atoms with Gasteiger partial charge in [-0.25, -0.2) is 14.4 Å². The Morgan fingerprint density at radius 2 is 1.65 bits per heavy atom. The molecule has 4 fully saturated rings. The van der Waals surface area contributed by atoms with E-state index in [1.54, 1.807) is 71.9 Å². The van der Waals surface area contributed by atoms with Crippen LogP contribution in [0.1, 0.15) is 106 Å². The Morgan fingerprint density at radius 3 is 2.19 bits per heavy atom. The Hall–Kier alpha value is -4.35. The van der Waals surface area contributed by atoms with Crippen LogP contribution in [0.3, 0.4) is 0 Å². The second kappa shape index (κ2) is 17.0. The molecule has 0 aromatic heterocycles. The first-order chi connectivity index (χ1) is 28.8. The number of hydrogen-bond acceptors (Lipinski definition) is 15. The molecule has 0 spiro atoms. The quantitative estimate of drug-likeness (QED) is 0.154. The van der Waals surface area contributed by atoms with Crippen molar-refractivity contribution in [2.75, 3.05) is 6.61 Å². The van der Waals surface area contributed by atoms with E-state index in [1.807, 2.05) is 20.8 Å². The number of amides is 1. The van der Waals surface area contributed by atoms with Gasteiger partial charge in [0.25, 0.3) is 0 Å². The number of alkyl carbamates (subject to hydrolysis) is 1. The average Bonchev–Trinajstić information content (AvgIpc) is 3.15. The van der Waals surface area contributed by atoms with E-state index in [9.17, 15) is 34.2 Å². The number of aliphatic hydroxyl groups excluding tert-OH is 1. The summed E-state index contributed by atoms with van der Waals surface area (Å²) in [6.45, 7) is 21.9. The number of carbonyl (C=O) groups excluding carboxylic acids is 5. The third-order valence-electron chi connectivity index (χ3n) is 13.4. The average molecular weight is 870 g/mol. The number of fused-ring (bicyclic) bond motifs is 4. The minimum absolute atomic E-state index is 0.0926. The molecule has 2 saturated heterocycles. The van der Waals surface area contributed by atoms with Gasteiger partial charge in [-0.15, -0.1) is 0 Å². The van der Waals surface area contributed by atoms with Gasteiger partial charge in [0.15, 0.2) is 24.1 Å². The monoisotopic (exact) mass is 869 g/mol.